The lowest BCUT2D eigenvalue weighted by Gasteiger charge is -2.35. The molecule has 25 heavy (non-hydrogen) atoms. The van der Waals surface area contributed by atoms with Crippen molar-refractivity contribution < 1.29 is 22.7 Å². The number of carbonyl (C=O) groups is 1. The van der Waals surface area contributed by atoms with Crippen LogP contribution < -0.4 is 0 Å². The van der Waals surface area contributed by atoms with Crippen molar-refractivity contribution in [3.05, 3.63) is 28.5 Å². The van der Waals surface area contributed by atoms with Crippen molar-refractivity contribution in [1.29, 1.82) is 0 Å². The van der Waals surface area contributed by atoms with Crippen LogP contribution in [0.15, 0.2) is 12.3 Å². The minimum atomic E-state index is -4.46. The predicted octanol–water partition coefficient (Wildman–Crippen LogP) is 3.81. The van der Waals surface area contributed by atoms with Gasteiger partial charge in [-0.05, 0) is 26.8 Å². The van der Waals surface area contributed by atoms with Crippen LogP contribution in [0.25, 0.3) is 0 Å². The molecule has 0 unspecified atom stereocenters. The Kier molecular flexibility index (Phi) is 5.83. The molecule has 140 valence electrons. The van der Waals surface area contributed by atoms with E-state index in [4.69, 9.17) is 16.3 Å². The fraction of sp³-hybridized carbons (Fsp3) is 0.625. The van der Waals surface area contributed by atoms with E-state index in [0.717, 1.165) is 12.3 Å². The number of pyridine rings is 1. The van der Waals surface area contributed by atoms with Gasteiger partial charge in [0.25, 0.3) is 0 Å². The smallest absolute Gasteiger partial charge is 0.417 e. The Morgan fingerprint density at radius 3 is 2.32 bits per heavy atom. The lowest BCUT2D eigenvalue weighted by molar-refractivity contribution is -0.137. The summed E-state index contributed by atoms with van der Waals surface area (Å²) >= 11 is 5.93. The maximum atomic E-state index is 12.6. The fourth-order valence-electron chi connectivity index (χ4n) is 2.36. The quantitative estimate of drug-likeness (QED) is 0.784. The molecular weight excluding hydrogens is 359 g/mol. The number of piperazine rings is 1. The van der Waals surface area contributed by atoms with Gasteiger partial charge in [0, 0.05) is 38.9 Å². The molecule has 0 bridgehead atoms. The number of carbonyl (C=O) groups excluding carboxylic acids is 1. The second kappa shape index (κ2) is 7.37. The molecule has 1 aliphatic rings. The van der Waals surface area contributed by atoms with E-state index in [1.54, 1.807) is 25.7 Å². The van der Waals surface area contributed by atoms with Crippen LogP contribution in [-0.4, -0.2) is 52.7 Å². The van der Waals surface area contributed by atoms with E-state index >= 15 is 0 Å². The average Bonchev–Trinajstić information content (AvgIpc) is 2.47. The van der Waals surface area contributed by atoms with Gasteiger partial charge in [0.15, 0.2) is 0 Å². The number of ether oxygens (including phenoxy) is 1. The molecule has 5 nitrogen and oxygen atoms in total. The molecule has 0 saturated carbocycles. The third-order valence-electron chi connectivity index (χ3n) is 3.64. The highest BCUT2D eigenvalue weighted by molar-refractivity contribution is 6.31. The Morgan fingerprint density at radius 1 is 1.24 bits per heavy atom. The van der Waals surface area contributed by atoms with E-state index < -0.39 is 17.3 Å². The fourth-order valence-corrected chi connectivity index (χ4v) is 2.59. The summed E-state index contributed by atoms with van der Waals surface area (Å²) in [5, 5.41) is -0.00982. The standard InChI is InChI=1S/C16H21ClF3N3O2/c1-15(2,3)25-14(24)23-6-4-22(5-7-23)10-13-12(17)8-11(9-21-13)16(18,19)20/h8-9H,4-7,10H2,1-3H3. The van der Waals surface area contributed by atoms with Crippen molar-refractivity contribution in [2.24, 2.45) is 0 Å². The Morgan fingerprint density at radius 2 is 1.84 bits per heavy atom. The molecule has 2 rings (SSSR count). The lowest BCUT2D eigenvalue weighted by Crippen LogP contribution is -2.49. The van der Waals surface area contributed by atoms with Crippen LogP contribution in [0.2, 0.25) is 5.02 Å². The third kappa shape index (κ3) is 5.74. The first-order chi connectivity index (χ1) is 11.5. The summed E-state index contributed by atoms with van der Waals surface area (Å²) in [5.74, 6) is 0. The lowest BCUT2D eigenvalue weighted by atomic mass is 10.2. The van der Waals surface area contributed by atoms with Crippen molar-refractivity contribution in [2.45, 2.75) is 39.1 Å². The monoisotopic (exact) mass is 379 g/mol. The topological polar surface area (TPSA) is 45.7 Å². The van der Waals surface area contributed by atoms with Crippen molar-refractivity contribution in [3.8, 4) is 0 Å². The number of rotatable bonds is 2. The van der Waals surface area contributed by atoms with Crippen molar-refractivity contribution in [1.82, 2.24) is 14.8 Å². The van der Waals surface area contributed by atoms with Crippen LogP contribution >= 0.6 is 11.6 Å². The van der Waals surface area contributed by atoms with Gasteiger partial charge in [0.2, 0.25) is 0 Å². The van der Waals surface area contributed by atoms with Gasteiger partial charge in [0.1, 0.15) is 5.60 Å². The van der Waals surface area contributed by atoms with Crippen LogP contribution in [0.3, 0.4) is 0 Å². The Labute approximate surface area is 149 Å². The molecule has 2 heterocycles. The van der Waals surface area contributed by atoms with Crippen molar-refractivity contribution in [2.75, 3.05) is 26.2 Å². The molecule has 1 amide bonds. The zero-order chi connectivity index (χ0) is 18.8. The maximum absolute atomic E-state index is 12.6. The molecule has 9 heteroatoms. The minimum absolute atomic E-state index is 0.00982. The molecule has 0 atom stereocenters. The van der Waals surface area contributed by atoms with Crippen LogP contribution in [-0.2, 0) is 17.5 Å². The van der Waals surface area contributed by atoms with Gasteiger partial charge >= 0.3 is 12.3 Å². The molecule has 1 saturated heterocycles. The third-order valence-corrected chi connectivity index (χ3v) is 3.97. The highest BCUT2D eigenvalue weighted by Crippen LogP contribution is 2.31. The molecule has 1 aromatic heterocycles. The van der Waals surface area contributed by atoms with Gasteiger partial charge in [-0.15, -0.1) is 0 Å². The molecular formula is C16H21ClF3N3O2. The highest BCUT2D eigenvalue weighted by Gasteiger charge is 2.32. The number of amides is 1. The molecule has 0 N–H and O–H groups in total. The van der Waals surface area contributed by atoms with E-state index in [0.29, 0.717) is 38.4 Å². The largest absolute Gasteiger partial charge is 0.444 e. The first-order valence-electron chi connectivity index (χ1n) is 7.87. The Bertz CT molecular complexity index is 624. The van der Waals surface area contributed by atoms with E-state index in [-0.39, 0.29) is 11.1 Å². The molecule has 1 fully saturated rings. The summed E-state index contributed by atoms with van der Waals surface area (Å²) in [6.07, 6.45) is -4.04. The minimum Gasteiger partial charge on any atom is -0.444 e. The van der Waals surface area contributed by atoms with Crippen LogP contribution in [0.5, 0.6) is 0 Å². The first-order valence-corrected chi connectivity index (χ1v) is 8.25. The van der Waals surface area contributed by atoms with Gasteiger partial charge in [-0.3, -0.25) is 9.88 Å². The molecule has 0 spiro atoms. The van der Waals surface area contributed by atoms with E-state index in [1.165, 1.54) is 0 Å². The molecule has 0 aromatic carbocycles. The normalized spacial score (nSPS) is 16.8. The van der Waals surface area contributed by atoms with Crippen molar-refractivity contribution in [3.63, 3.8) is 0 Å². The number of halogens is 4. The predicted molar refractivity (Wildman–Crippen MR) is 87.3 cm³/mol. The number of hydrogen-bond acceptors (Lipinski definition) is 4. The molecule has 0 radical (unpaired) electrons. The van der Waals surface area contributed by atoms with Crippen LogP contribution in [0.1, 0.15) is 32.0 Å². The summed E-state index contributed by atoms with van der Waals surface area (Å²) in [7, 11) is 0. The zero-order valence-corrected chi connectivity index (χ0v) is 15.1. The molecule has 0 aliphatic carbocycles. The van der Waals surface area contributed by atoms with Gasteiger partial charge in [-0.2, -0.15) is 13.2 Å². The number of hydrogen-bond donors (Lipinski definition) is 0. The zero-order valence-electron chi connectivity index (χ0n) is 14.4. The van der Waals surface area contributed by atoms with Gasteiger partial charge in [-0.1, -0.05) is 11.6 Å². The van der Waals surface area contributed by atoms with Gasteiger partial charge in [0.05, 0.1) is 16.3 Å². The Balaban J connectivity index is 1.91. The summed E-state index contributed by atoms with van der Waals surface area (Å²) in [5.41, 5.74) is -1.03. The van der Waals surface area contributed by atoms with Gasteiger partial charge < -0.3 is 9.64 Å². The van der Waals surface area contributed by atoms with Crippen LogP contribution in [0, 0.1) is 0 Å². The van der Waals surface area contributed by atoms with Crippen LogP contribution in [0.4, 0.5) is 18.0 Å². The first kappa shape index (κ1) is 19.8. The summed E-state index contributed by atoms with van der Waals surface area (Å²) in [6.45, 7) is 7.84. The molecule has 1 aliphatic heterocycles. The number of aromatic nitrogens is 1. The number of alkyl halides is 3. The van der Waals surface area contributed by atoms with E-state index in [2.05, 4.69) is 4.98 Å². The number of nitrogens with zero attached hydrogens (tertiary/aromatic N) is 3. The molecule has 1 aromatic rings. The van der Waals surface area contributed by atoms with E-state index in [9.17, 15) is 18.0 Å². The second-order valence-corrected chi connectivity index (χ2v) is 7.30. The van der Waals surface area contributed by atoms with Crippen molar-refractivity contribution >= 4 is 17.7 Å². The second-order valence-electron chi connectivity index (χ2n) is 6.89. The van der Waals surface area contributed by atoms with Gasteiger partial charge in [-0.25, -0.2) is 4.79 Å². The average molecular weight is 380 g/mol. The summed E-state index contributed by atoms with van der Waals surface area (Å²) in [4.78, 5) is 19.5. The van der Waals surface area contributed by atoms with E-state index in [1.807, 2.05) is 4.90 Å². The SMILES string of the molecule is CC(C)(C)OC(=O)N1CCN(Cc2ncc(C(F)(F)F)cc2Cl)CC1. The highest BCUT2D eigenvalue weighted by atomic mass is 35.5. The maximum Gasteiger partial charge on any atom is 0.417 e. The summed E-state index contributed by atoms with van der Waals surface area (Å²) < 4.78 is 43.2. The Hall–Kier alpha value is -1.54. The summed E-state index contributed by atoms with van der Waals surface area (Å²) in [6, 6.07) is 0.890.